The van der Waals surface area contributed by atoms with E-state index in [-0.39, 0.29) is 11.2 Å². The molecule has 0 rings (SSSR count). The summed E-state index contributed by atoms with van der Waals surface area (Å²) in [5.74, 6) is 0.469. The summed E-state index contributed by atoms with van der Waals surface area (Å²) >= 11 is 3.60. The van der Waals surface area contributed by atoms with Gasteiger partial charge in [-0.05, 0) is 12.3 Å². The normalized spacial score (nSPS) is 13.9. The number of carbonyl (C=O) groups is 1. The molecular weight excluding hydrogens is 134 g/mol. The van der Waals surface area contributed by atoms with Gasteiger partial charge in [-0.25, -0.2) is 0 Å². The lowest BCUT2D eigenvalue weighted by atomic mass is 10.1. The van der Waals surface area contributed by atoms with Gasteiger partial charge in [-0.1, -0.05) is 13.8 Å². The molecule has 0 unspecified atom stereocenters. The maximum absolute atomic E-state index is 10.4. The van der Waals surface area contributed by atoms with Gasteiger partial charge in [-0.2, -0.15) is 0 Å². The molecule has 9 heavy (non-hydrogen) atoms. The molecule has 0 amide bonds. The molecule has 0 aliphatic carbocycles. The lowest BCUT2D eigenvalue weighted by Gasteiger charge is -2.08. The van der Waals surface area contributed by atoms with Crippen molar-refractivity contribution in [3.63, 3.8) is 0 Å². The molecule has 2 N–H and O–H groups in total. The van der Waals surface area contributed by atoms with Crippen molar-refractivity contribution in [1.82, 2.24) is 0 Å². The molecule has 0 aromatic carbocycles. The summed E-state index contributed by atoms with van der Waals surface area (Å²) in [6, 6.07) is -0.381. The van der Waals surface area contributed by atoms with Crippen LogP contribution in [-0.4, -0.2) is 11.2 Å². The maximum atomic E-state index is 10.4. The van der Waals surface area contributed by atoms with Crippen LogP contribution in [0.4, 0.5) is 0 Å². The highest BCUT2D eigenvalue weighted by Crippen LogP contribution is 2.03. The van der Waals surface area contributed by atoms with E-state index < -0.39 is 0 Å². The Kier molecular flexibility index (Phi) is 3.89. The molecule has 0 radical (unpaired) electrons. The third-order valence-corrected chi connectivity index (χ3v) is 1.37. The largest absolute Gasteiger partial charge is 0.321 e. The fourth-order valence-electron chi connectivity index (χ4n) is 0.609. The molecule has 0 saturated heterocycles. The predicted octanol–water partition coefficient (Wildman–Crippen LogP) is 0.816. The lowest BCUT2D eigenvalue weighted by molar-refractivity contribution is -0.112. The van der Waals surface area contributed by atoms with Crippen LogP contribution in [0.3, 0.4) is 0 Å². The van der Waals surface area contributed by atoms with Crippen molar-refractivity contribution < 1.29 is 4.79 Å². The zero-order valence-electron chi connectivity index (χ0n) is 5.79. The summed E-state index contributed by atoms with van der Waals surface area (Å²) in [5, 5.41) is -0.219. The fourth-order valence-corrected chi connectivity index (χ4v) is 0.714. The van der Waals surface area contributed by atoms with Crippen molar-refractivity contribution in [3.05, 3.63) is 0 Å². The molecular formula is C6H13NOS. The Balaban J connectivity index is 3.50. The number of nitrogens with two attached hydrogens (primary N) is 1. The molecule has 54 valence electrons. The average molecular weight is 147 g/mol. The van der Waals surface area contributed by atoms with E-state index >= 15 is 0 Å². The van der Waals surface area contributed by atoms with Gasteiger partial charge in [0.1, 0.15) is 0 Å². The Labute approximate surface area is 61.2 Å². The Hall–Kier alpha value is -0.0200. The third-order valence-electron chi connectivity index (χ3n) is 1.04. The molecule has 1 atom stereocenters. The zero-order valence-corrected chi connectivity index (χ0v) is 6.69. The van der Waals surface area contributed by atoms with Crippen LogP contribution in [0.2, 0.25) is 0 Å². The quantitative estimate of drug-likeness (QED) is 0.580. The van der Waals surface area contributed by atoms with Crippen molar-refractivity contribution in [2.45, 2.75) is 26.3 Å². The first-order valence-electron chi connectivity index (χ1n) is 3.02. The molecule has 0 fully saturated rings. The van der Waals surface area contributed by atoms with Gasteiger partial charge in [0.2, 0.25) is 5.12 Å². The first-order chi connectivity index (χ1) is 4.04. The van der Waals surface area contributed by atoms with Gasteiger partial charge in [0.25, 0.3) is 0 Å². The highest BCUT2D eigenvalue weighted by atomic mass is 32.1. The smallest absolute Gasteiger partial charge is 0.202 e. The van der Waals surface area contributed by atoms with E-state index in [0.717, 1.165) is 6.42 Å². The number of hydrogen-bond acceptors (Lipinski definition) is 2. The van der Waals surface area contributed by atoms with Crippen LogP contribution in [0.15, 0.2) is 0 Å². The second-order valence-electron chi connectivity index (χ2n) is 2.57. The van der Waals surface area contributed by atoms with Crippen LogP contribution in [0, 0.1) is 5.92 Å². The van der Waals surface area contributed by atoms with Gasteiger partial charge >= 0.3 is 0 Å². The van der Waals surface area contributed by atoms with Crippen molar-refractivity contribution in [3.8, 4) is 0 Å². The summed E-state index contributed by atoms with van der Waals surface area (Å²) in [5.41, 5.74) is 5.39. The Morgan fingerprint density at radius 3 is 2.22 bits per heavy atom. The number of hydrogen-bond donors (Lipinski definition) is 2. The topological polar surface area (TPSA) is 43.1 Å². The summed E-state index contributed by atoms with van der Waals surface area (Å²) in [6.07, 6.45) is 0.725. The number of carbonyl (C=O) groups excluding carboxylic acids is 1. The van der Waals surface area contributed by atoms with E-state index in [1.807, 2.05) is 13.8 Å². The number of thiol groups is 1. The molecule has 3 heteroatoms. The molecule has 0 bridgehead atoms. The molecule has 0 saturated carbocycles. The lowest BCUT2D eigenvalue weighted by Crippen LogP contribution is -2.28. The standard InChI is InChI=1S/C6H13NOS/c1-4(2)3-5(7)6(8)9/h4-5H,3,7H2,1-2H3,(H,8,9)/t5-/m1/s1. The average Bonchev–Trinajstić information content (AvgIpc) is 1.63. The SMILES string of the molecule is CC(C)C[C@@H](N)C(=O)S. The second kappa shape index (κ2) is 3.90. The Morgan fingerprint density at radius 2 is 2.11 bits per heavy atom. The zero-order chi connectivity index (χ0) is 7.44. The van der Waals surface area contributed by atoms with E-state index in [9.17, 15) is 4.79 Å². The Morgan fingerprint density at radius 1 is 1.67 bits per heavy atom. The Bertz CT molecular complexity index is 103. The minimum Gasteiger partial charge on any atom is -0.321 e. The van der Waals surface area contributed by atoms with Crippen LogP contribution in [0.5, 0.6) is 0 Å². The van der Waals surface area contributed by atoms with Crippen molar-refractivity contribution in [2.75, 3.05) is 0 Å². The first kappa shape index (κ1) is 8.98. The van der Waals surface area contributed by atoms with Crippen molar-refractivity contribution in [2.24, 2.45) is 11.7 Å². The minimum atomic E-state index is -0.381. The van der Waals surface area contributed by atoms with E-state index in [0.29, 0.717) is 5.92 Å². The molecule has 0 aliphatic heterocycles. The summed E-state index contributed by atoms with van der Waals surface area (Å²) in [6.45, 7) is 4.05. The minimum absolute atomic E-state index is 0.219. The number of rotatable bonds is 3. The van der Waals surface area contributed by atoms with Crippen LogP contribution >= 0.6 is 12.6 Å². The van der Waals surface area contributed by atoms with Gasteiger partial charge in [0, 0.05) is 0 Å². The van der Waals surface area contributed by atoms with Crippen molar-refractivity contribution >= 4 is 17.7 Å². The van der Waals surface area contributed by atoms with E-state index in [4.69, 9.17) is 5.73 Å². The van der Waals surface area contributed by atoms with E-state index in [1.165, 1.54) is 0 Å². The summed E-state index contributed by atoms with van der Waals surface area (Å²) < 4.78 is 0. The van der Waals surface area contributed by atoms with Crippen LogP contribution < -0.4 is 5.73 Å². The van der Waals surface area contributed by atoms with Crippen LogP contribution in [0.25, 0.3) is 0 Å². The maximum Gasteiger partial charge on any atom is 0.202 e. The van der Waals surface area contributed by atoms with Gasteiger partial charge < -0.3 is 5.73 Å². The van der Waals surface area contributed by atoms with E-state index in [1.54, 1.807) is 0 Å². The van der Waals surface area contributed by atoms with Crippen LogP contribution in [-0.2, 0) is 4.79 Å². The molecule has 0 aromatic rings. The summed E-state index contributed by atoms with van der Waals surface area (Å²) in [7, 11) is 0. The molecule has 2 nitrogen and oxygen atoms in total. The van der Waals surface area contributed by atoms with Gasteiger partial charge in [0.05, 0.1) is 6.04 Å². The highest BCUT2D eigenvalue weighted by Gasteiger charge is 2.09. The highest BCUT2D eigenvalue weighted by molar-refractivity contribution is 7.96. The van der Waals surface area contributed by atoms with Gasteiger partial charge in [-0.3, -0.25) is 4.79 Å². The molecule has 0 aliphatic rings. The monoisotopic (exact) mass is 147 g/mol. The predicted molar refractivity (Wildman–Crippen MR) is 41.4 cm³/mol. The van der Waals surface area contributed by atoms with Gasteiger partial charge in [-0.15, -0.1) is 12.6 Å². The first-order valence-corrected chi connectivity index (χ1v) is 3.47. The second-order valence-corrected chi connectivity index (χ2v) is 3.02. The molecule has 0 aromatic heterocycles. The van der Waals surface area contributed by atoms with Gasteiger partial charge in [0.15, 0.2) is 0 Å². The fraction of sp³-hybridized carbons (Fsp3) is 0.833. The third kappa shape index (κ3) is 4.48. The summed E-state index contributed by atoms with van der Waals surface area (Å²) in [4.78, 5) is 10.4. The van der Waals surface area contributed by atoms with Crippen LogP contribution in [0.1, 0.15) is 20.3 Å². The molecule has 0 heterocycles. The molecule has 0 spiro atoms. The van der Waals surface area contributed by atoms with Crippen molar-refractivity contribution in [1.29, 1.82) is 0 Å². The van der Waals surface area contributed by atoms with E-state index in [2.05, 4.69) is 12.6 Å².